The van der Waals surface area contributed by atoms with Crippen LogP contribution in [0, 0.1) is 5.41 Å². The third-order valence-electron chi connectivity index (χ3n) is 1.95. The lowest BCUT2D eigenvalue weighted by atomic mass is 9.95. The van der Waals surface area contributed by atoms with Gasteiger partial charge in [0.1, 0.15) is 11.6 Å². The normalized spacial score (nSPS) is 11.4. The zero-order valence-electron chi connectivity index (χ0n) is 8.62. The maximum absolute atomic E-state index is 9.04. The van der Waals surface area contributed by atoms with Gasteiger partial charge in [-0.15, -0.1) is 0 Å². The predicted octanol–water partition coefficient (Wildman–Crippen LogP) is 1.09. The molecule has 0 saturated carbocycles. The Kier molecular flexibility index (Phi) is 3.30. The standard InChI is InChI=1S/C10H17N3O/c1-10(2,7-14)6-12-9-5-3-4-8(11)13-9/h3-5,14H,6-7H2,1-2H3,(H3,11,12,13). The van der Waals surface area contributed by atoms with E-state index in [0.717, 1.165) is 5.82 Å². The fourth-order valence-corrected chi connectivity index (χ4v) is 0.936. The monoisotopic (exact) mass is 195 g/mol. The minimum atomic E-state index is -0.147. The molecule has 0 aromatic carbocycles. The van der Waals surface area contributed by atoms with Crippen molar-refractivity contribution in [3.05, 3.63) is 18.2 Å². The van der Waals surface area contributed by atoms with Crippen LogP contribution in [0.4, 0.5) is 11.6 Å². The average Bonchev–Trinajstić information content (AvgIpc) is 2.15. The summed E-state index contributed by atoms with van der Waals surface area (Å²) in [4.78, 5) is 4.10. The fraction of sp³-hybridized carbons (Fsp3) is 0.500. The molecule has 1 aromatic heterocycles. The molecule has 0 amide bonds. The van der Waals surface area contributed by atoms with E-state index in [0.29, 0.717) is 12.4 Å². The Labute approximate surface area is 84.2 Å². The van der Waals surface area contributed by atoms with E-state index in [1.807, 2.05) is 26.0 Å². The first-order valence-corrected chi connectivity index (χ1v) is 4.61. The van der Waals surface area contributed by atoms with Crippen LogP contribution < -0.4 is 11.1 Å². The molecule has 0 aliphatic heterocycles. The van der Waals surface area contributed by atoms with Gasteiger partial charge in [0.2, 0.25) is 0 Å². The van der Waals surface area contributed by atoms with Gasteiger partial charge in [0, 0.05) is 18.6 Å². The van der Waals surface area contributed by atoms with E-state index < -0.39 is 0 Å². The van der Waals surface area contributed by atoms with E-state index in [9.17, 15) is 0 Å². The fourth-order valence-electron chi connectivity index (χ4n) is 0.936. The Balaban J connectivity index is 2.54. The first kappa shape index (κ1) is 10.8. The second-order valence-corrected chi connectivity index (χ2v) is 4.12. The minimum Gasteiger partial charge on any atom is -0.396 e. The number of pyridine rings is 1. The number of aliphatic hydroxyl groups excluding tert-OH is 1. The Morgan fingerprint density at radius 2 is 2.21 bits per heavy atom. The second kappa shape index (κ2) is 4.28. The number of nitrogens with two attached hydrogens (primary N) is 1. The lowest BCUT2D eigenvalue weighted by molar-refractivity contribution is 0.170. The molecule has 0 radical (unpaired) electrons. The summed E-state index contributed by atoms with van der Waals surface area (Å²) in [5.74, 6) is 1.24. The van der Waals surface area contributed by atoms with Crippen LogP contribution in [0.1, 0.15) is 13.8 Å². The molecule has 1 aromatic rings. The Morgan fingerprint density at radius 1 is 1.50 bits per heavy atom. The number of aromatic nitrogens is 1. The highest BCUT2D eigenvalue weighted by Gasteiger charge is 2.15. The number of aliphatic hydroxyl groups is 1. The summed E-state index contributed by atoms with van der Waals surface area (Å²) in [6, 6.07) is 5.43. The van der Waals surface area contributed by atoms with E-state index in [-0.39, 0.29) is 12.0 Å². The van der Waals surface area contributed by atoms with Gasteiger partial charge >= 0.3 is 0 Å². The lowest BCUT2D eigenvalue weighted by Gasteiger charge is -2.22. The van der Waals surface area contributed by atoms with Gasteiger partial charge in [-0.1, -0.05) is 19.9 Å². The van der Waals surface area contributed by atoms with Gasteiger partial charge < -0.3 is 16.2 Å². The van der Waals surface area contributed by atoms with Gasteiger partial charge in [-0.25, -0.2) is 4.98 Å². The number of nitrogen functional groups attached to an aromatic ring is 1. The van der Waals surface area contributed by atoms with Crippen molar-refractivity contribution in [2.75, 3.05) is 24.2 Å². The Morgan fingerprint density at radius 3 is 2.79 bits per heavy atom. The number of anilines is 2. The third kappa shape index (κ3) is 3.22. The lowest BCUT2D eigenvalue weighted by Crippen LogP contribution is -2.27. The zero-order chi connectivity index (χ0) is 10.6. The SMILES string of the molecule is CC(C)(CO)CNc1cccc(N)n1. The molecule has 0 unspecified atom stereocenters. The van der Waals surface area contributed by atoms with E-state index in [1.165, 1.54) is 0 Å². The molecule has 1 heterocycles. The molecule has 0 aliphatic carbocycles. The molecule has 0 spiro atoms. The van der Waals surface area contributed by atoms with Crippen molar-refractivity contribution in [1.82, 2.24) is 4.98 Å². The maximum atomic E-state index is 9.04. The summed E-state index contributed by atoms with van der Waals surface area (Å²) in [7, 11) is 0. The maximum Gasteiger partial charge on any atom is 0.128 e. The Hall–Kier alpha value is -1.29. The number of nitrogens with one attached hydrogen (secondary N) is 1. The van der Waals surface area contributed by atoms with Crippen molar-refractivity contribution in [2.45, 2.75) is 13.8 Å². The molecular formula is C10H17N3O. The van der Waals surface area contributed by atoms with E-state index >= 15 is 0 Å². The number of hydrogen-bond acceptors (Lipinski definition) is 4. The molecule has 0 saturated heterocycles. The van der Waals surface area contributed by atoms with Crippen molar-refractivity contribution in [3.63, 3.8) is 0 Å². The minimum absolute atomic E-state index is 0.141. The van der Waals surface area contributed by atoms with E-state index in [2.05, 4.69) is 10.3 Å². The van der Waals surface area contributed by atoms with Gasteiger partial charge in [-0.3, -0.25) is 0 Å². The first-order chi connectivity index (χ1) is 6.53. The molecule has 0 aliphatic rings. The van der Waals surface area contributed by atoms with Crippen LogP contribution in [0.15, 0.2) is 18.2 Å². The molecule has 0 atom stereocenters. The van der Waals surface area contributed by atoms with Gasteiger partial charge in [-0.2, -0.15) is 0 Å². The summed E-state index contributed by atoms with van der Waals surface area (Å²) in [5, 5.41) is 12.2. The highest BCUT2D eigenvalue weighted by molar-refractivity contribution is 5.42. The zero-order valence-corrected chi connectivity index (χ0v) is 8.62. The van der Waals surface area contributed by atoms with E-state index in [1.54, 1.807) is 6.07 Å². The molecule has 4 heteroatoms. The van der Waals surface area contributed by atoms with Crippen molar-refractivity contribution in [3.8, 4) is 0 Å². The number of hydrogen-bond donors (Lipinski definition) is 3. The molecule has 1 rings (SSSR count). The van der Waals surface area contributed by atoms with Gasteiger partial charge in [-0.05, 0) is 12.1 Å². The summed E-state index contributed by atoms with van der Waals surface area (Å²) in [6.07, 6.45) is 0. The molecule has 4 nitrogen and oxygen atoms in total. The van der Waals surface area contributed by atoms with Crippen LogP contribution in [0.25, 0.3) is 0 Å². The largest absolute Gasteiger partial charge is 0.396 e. The third-order valence-corrected chi connectivity index (χ3v) is 1.95. The first-order valence-electron chi connectivity index (χ1n) is 4.61. The van der Waals surface area contributed by atoms with Crippen LogP contribution in [0.3, 0.4) is 0 Å². The average molecular weight is 195 g/mol. The predicted molar refractivity (Wildman–Crippen MR) is 58.0 cm³/mol. The van der Waals surface area contributed by atoms with Gasteiger partial charge in [0.15, 0.2) is 0 Å². The molecule has 4 N–H and O–H groups in total. The van der Waals surface area contributed by atoms with Crippen molar-refractivity contribution >= 4 is 11.6 Å². The summed E-state index contributed by atoms with van der Waals surface area (Å²) < 4.78 is 0. The van der Waals surface area contributed by atoms with Crippen molar-refractivity contribution < 1.29 is 5.11 Å². The van der Waals surface area contributed by atoms with E-state index in [4.69, 9.17) is 10.8 Å². The highest BCUT2D eigenvalue weighted by atomic mass is 16.3. The van der Waals surface area contributed by atoms with Crippen molar-refractivity contribution in [1.29, 1.82) is 0 Å². The van der Waals surface area contributed by atoms with Gasteiger partial charge in [0.05, 0.1) is 0 Å². The Bertz CT molecular complexity index is 299. The summed E-state index contributed by atoms with van der Waals surface area (Å²) >= 11 is 0. The van der Waals surface area contributed by atoms with Crippen LogP contribution in [0.2, 0.25) is 0 Å². The van der Waals surface area contributed by atoms with Crippen LogP contribution in [-0.2, 0) is 0 Å². The topological polar surface area (TPSA) is 71.2 Å². The summed E-state index contributed by atoms with van der Waals surface area (Å²) in [5.41, 5.74) is 5.38. The molecule has 0 bridgehead atoms. The molecule has 14 heavy (non-hydrogen) atoms. The summed E-state index contributed by atoms with van der Waals surface area (Å²) in [6.45, 7) is 4.76. The van der Waals surface area contributed by atoms with Crippen LogP contribution in [-0.4, -0.2) is 23.2 Å². The molecule has 0 fully saturated rings. The smallest absolute Gasteiger partial charge is 0.128 e. The van der Waals surface area contributed by atoms with Crippen LogP contribution in [0.5, 0.6) is 0 Å². The second-order valence-electron chi connectivity index (χ2n) is 4.12. The highest BCUT2D eigenvalue weighted by Crippen LogP contribution is 2.15. The van der Waals surface area contributed by atoms with Crippen LogP contribution >= 0.6 is 0 Å². The molecular weight excluding hydrogens is 178 g/mol. The number of rotatable bonds is 4. The molecule has 78 valence electrons. The van der Waals surface area contributed by atoms with Gasteiger partial charge in [0.25, 0.3) is 0 Å². The number of nitrogens with zero attached hydrogens (tertiary/aromatic N) is 1. The van der Waals surface area contributed by atoms with Crippen molar-refractivity contribution in [2.24, 2.45) is 5.41 Å². The quantitative estimate of drug-likeness (QED) is 0.672.